The van der Waals surface area contributed by atoms with Gasteiger partial charge in [0.15, 0.2) is 0 Å². The molecule has 1 saturated carbocycles. The Bertz CT molecular complexity index is 627. The van der Waals surface area contributed by atoms with Crippen LogP contribution in [0.4, 0.5) is 4.79 Å². The van der Waals surface area contributed by atoms with Gasteiger partial charge in [0.2, 0.25) is 0 Å². The Morgan fingerprint density at radius 1 is 1.38 bits per heavy atom. The number of carbonyl (C=O) groups is 1. The maximum absolute atomic E-state index is 11.9. The minimum atomic E-state index is -0.500. The first-order valence-electron chi connectivity index (χ1n) is 8.30. The molecular weight excluding hydrogens is 308 g/mol. The van der Waals surface area contributed by atoms with Gasteiger partial charge in [0.25, 0.3) is 5.56 Å². The number of hydrogen-bond donors (Lipinski definition) is 3. The summed E-state index contributed by atoms with van der Waals surface area (Å²) < 4.78 is 5.32. The van der Waals surface area contributed by atoms with Crippen molar-refractivity contribution < 1.29 is 9.53 Å². The van der Waals surface area contributed by atoms with E-state index in [0.717, 1.165) is 12.1 Å². The van der Waals surface area contributed by atoms with Crippen molar-refractivity contribution >= 4 is 6.09 Å². The molecule has 2 rings (SSSR count). The zero-order valence-electron chi connectivity index (χ0n) is 15.3. The molecule has 1 aromatic rings. The van der Waals surface area contributed by atoms with Crippen LogP contribution in [0.2, 0.25) is 0 Å². The van der Waals surface area contributed by atoms with Crippen LogP contribution in [0.1, 0.15) is 59.7 Å². The van der Waals surface area contributed by atoms with Gasteiger partial charge in [-0.25, -0.2) is 9.89 Å². The zero-order valence-corrected chi connectivity index (χ0v) is 15.3. The van der Waals surface area contributed by atoms with Crippen molar-refractivity contribution in [1.29, 1.82) is 0 Å². The minimum Gasteiger partial charge on any atom is -0.444 e. The second-order valence-electron chi connectivity index (χ2n) is 8.04. The normalized spacial score (nSPS) is 23.9. The molecule has 3 atom stereocenters. The Labute approximate surface area is 142 Å². The van der Waals surface area contributed by atoms with Gasteiger partial charge in [0, 0.05) is 29.6 Å². The minimum absolute atomic E-state index is 0.00796. The Morgan fingerprint density at radius 2 is 2.04 bits per heavy atom. The molecule has 7 nitrogen and oxygen atoms in total. The zero-order chi connectivity index (χ0) is 18.1. The van der Waals surface area contributed by atoms with Crippen LogP contribution >= 0.6 is 0 Å². The van der Waals surface area contributed by atoms with Crippen molar-refractivity contribution in [1.82, 2.24) is 20.8 Å². The largest absolute Gasteiger partial charge is 0.444 e. The number of aromatic nitrogens is 2. The van der Waals surface area contributed by atoms with E-state index in [9.17, 15) is 9.59 Å². The standard InChI is InChI=1S/C17H28N4O3/c1-10(11-7-8-14(22)21-20-11)18-12-9-13(17(12,5)6)19-15(23)24-16(2,3)4/h7-8,10,12-13,18H,9H2,1-6H3,(H,19,23)(H,21,22). The average Bonchev–Trinajstić information content (AvgIpc) is 2.44. The predicted molar refractivity (Wildman–Crippen MR) is 91.8 cm³/mol. The molecule has 3 unspecified atom stereocenters. The van der Waals surface area contributed by atoms with Crippen molar-refractivity contribution in [2.24, 2.45) is 5.41 Å². The van der Waals surface area contributed by atoms with Gasteiger partial charge in [0.1, 0.15) is 5.60 Å². The van der Waals surface area contributed by atoms with Crippen LogP contribution in [0, 0.1) is 5.41 Å². The number of amides is 1. The van der Waals surface area contributed by atoms with E-state index in [1.807, 2.05) is 27.7 Å². The van der Waals surface area contributed by atoms with Crippen LogP contribution in [-0.2, 0) is 4.74 Å². The Balaban J connectivity index is 1.90. The Hall–Kier alpha value is -1.89. The van der Waals surface area contributed by atoms with Gasteiger partial charge >= 0.3 is 6.09 Å². The van der Waals surface area contributed by atoms with Gasteiger partial charge in [-0.1, -0.05) is 13.8 Å². The van der Waals surface area contributed by atoms with E-state index in [2.05, 4.69) is 34.7 Å². The van der Waals surface area contributed by atoms with E-state index in [-0.39, 0.29) is 35.2 Å². The van der Waals surface area contributed by atoms with E-state index in [0.29, 0.717) is 0 Å². The summed E-state index contributed by atoms with van der Waals surface area (Å²) in [6, 6.07) is 3.49. The first-order chi connectivity index (χ1) is 11.0. The van der Waals surface area contributed by atoms with Gasteiger partial charge in [-0.15, -0.1) is 0 Å². The third-order valence-corrected chi connectivity index (χ3v) is 4.55. The molecule has 0 spiro atoms. The van der Waals surface area contributed by atoms with E-state index in [4.69, 9.17) is 4.74 Å². The lowest BCUT2D eigenvalue weighted by Gasteiger charge is -2.53. The fourth-order valence-corrected chi connectivity index (χ4v) is 2.89. The summed E-state index contributed by atoms with van der Waals surface area (Å²) in [6.45, 7) is 11.8. The highest BCUT2D eigenvalue weighted by atomic mass is 16.6. The first-order valence-corrected chi connectivity index (χ1v) is 8.30. The third-order valence-electron chi connectivity index (χ3n) is 4.55. The lowest BCUT2D eigenvalue weighted by molar-refractivity contribution is 0.0137. The molecule has 1 aliphatic rings. The fourth-order valence-electron chi connectivity index (χ4n) is 2.89. The fraction of sp³-hybridized carbons (Fsp3) is 0.706. The number of aromatic amines is 1. The van der Waals surface area contributed by atoms with Crippen molar-refractivity contribution in [3.05, 3.63) is 28.2 Å². The maximum atomic E-state index is 11.9. The topological polar surface area (TPSA) is 96.1 Å². The highest BCUT2D eigenvalue weighted by molar-refractivity contribution is 5.68. The first kappa shape index (κ1) is 18.4. The van der Waals surface area contributed by atoms with E-state index < -0.39 is 5.60 Å². The molecular formula is C17H28N4O3. The van der Waals surface area contributed by atoms with Crippen LogP contribution in [0.25, 0.3) is 0 Å². The van der Waals surface area contributed by atoms with Crippen LogP contribution < -0.4 is 16.2 Å². The molecule has 0 saturated heterocycles. The Morgan fingerprint density at radius 3 is 2.54 bits per heavy atom. The van der Waals surface area contributed by atoms with Crippen LogP contribution in [0.15, 0.2) is 16.9 Å². The average molecular weight is 336 g/mol. The highest BCUT2D eigenvalue weighted by Crippen LogP contribution is 2.41. The summed E-state index contributed by atoms with van der Waals surface area (Å²) in [7, 11) is 0. The van der Waals surface area contributed by atoms with Gasteiger partial charge in [-0.05, 0) is 40.2 Å². The number of alkyl carbamates (subject to hydrolysis) is 1. The molecule has 0 bridgehead atoms. The number of nitrogens with one attached hydrogen (secondary N) is 3. The summed E-state index contributed by atoms with van der Waals surface area (Å²) in [5.74, 6) is 0. The molecule has 3 N–H and O–H groups in total. The molecule has 1 heterocycles. The summed E-state index contributed by atoms with van der Waals surface area (Å²) in [4.78, 5) is 23.0. The van der Waals surface area contributed by atoms with E-state index in [1.54, 1.807) is 6.07 Å². The van der Waals surface area contributed by atoms with E-state index >= 15 is 0 Å². The smallest absolute Gasteiger partial charge is 0.407 e. The summed E-state index contributed by atoms with van der Waals surface area (Å²) in [6.07, 6.45) is 0.439. The molecule has 0 aromatic carbocycles. The monoisotopic (exact) mass is 336 g/mol. The highest BCUT2D eigenvalue weighted by Gasteiger charge is 2.49. The van der Waals surface area contributed by atoms with Crippen molar-refractivity contribution in [2.75, 3.05) is 0 Å². The SMILES string of the molecule is CC(NC1CC(NC(=O)OC(C)(C)C)C1(C)C)c1ccc(=O)[nH]n1. The molecule has 0 aliphatic heterocycles. The number of H-pyrrole nitrogens is 1. The number of hydrogen-bond acceptors (Lipinski definition) is 5. The number of ether oxygens (including phenoxy) is 1. The third kappa shape index (κ3) is 4.35. The summed E-state index contributed by atoms with van der Waals surface area (Å²) in [5.41, 5.74) is -0.0292. The molecule has 7 heteroatoms. The summed E-state index contributed by atoms with van der Waals surface area (Å²) in [5, 5.41) is 13.0. The second kappa shape index (κ2) is 6.55. The molecule has 0 radical (unpaired) electrons. The molecule has 1 fully saturated rings. The number of carbonyl (C=O) groups excluding carboxylic acids is 1. The van der Waals surface area contributed by atoms with E-state index in [1.165, 1.54) is 6.07 Å². The summed E-state index contributed by atoms with van der Waals surface area (Å²) >= 11 is 0. The predicted octanol–water partition coefficient (Wildman–Crippen LogP) is 2.11. The number of rotatable bonds is 4. The Kier molecular flexibility index (Phi) is 5.03. The second-order valence-corrected chi connectivity index (χ2v) is 8.04. The molecule has 1 amide bonds. The van der Waals surface area contributed by atoms with Crippen LogP contribution in [0.5, 0.6) is 0 Å². The van der Waals surface area contributed by atoms with Gasteiger partial charge < -0.3 is 15.4 Å². The van der Waals surface area contributed by atoms with Gasteiger partial charge in [0.05, 0.1) is 5.69 Å². The van der Waals surface area contributed by atoms with Crippen molar-refractivity contribution in [2.45, 2.75) is 71.7 Å². The lowest BCUT2D eigenvalue weighted by Crippen LogP contribution is -2.66. The van der Waals surface area contributed by atoms with Crippen LogP contribution in [0.3, 0.4) is 0 Å². The molecule has 24 heavy (non-hydrogen) atoms. The van der Waals surface area contributed by atoms with Crippen molar-refractivity contribution in [3.63, 3.8) is 0 Å². The lowest BCUT2D eigenvalue weighted by atomic mass is 9.62. The van der Waals surface area contributed by atoms with Gasteiger partial charge in [-0.2, -0.15) is 5.10 Å². The maximum Gasteiger partial charge on any atom is 0.407 e. The molecule has 1 aromatic heterocycles. The molecule has 134 valence electrons. The van der Waals surface area contributed by atoms with Crippen molar-refractivity contribution in [3.8, 4) is 0 Å². The number of nitrogens with zero attached hydrogens (tertiary/aromatic N) is 1. The molecule has 1 aliphatic carbocycles. The van der Waals surface area contributed by atoms with Gasteiger partial charge in [-0.3, -0.25) is 4.79 Å². The van der Waals surface area contributed by atoms with Crippen LogP contribution in [-0.4, -0.2) is 34.0 Å². The quantitative estimate of drug-likeness (QED) is 0.782.